The number of carbonyl (C=O) groups is 1. The number of hydrogen-bond acceptors (Lipinski definition) is 3. The number of aromatic nitrogens is 1. The Balaban J connectivity index is 1.86. The minimum absolute atomic E-state index is 0.273. The fraction of sp³-hybridized carbons (Fsp3) is 0.375. The maximum atomic E-state index is 11.9. The van der Waals surface area contributed by atoms with Crippen molar-refractivity contribution in [2.24, 2.45) is 0 Å². The third-order valence-electron chi connectivity index (χ3n) is 3.23. The van der Waals surface area contributed by atoms with E-state index in [0.29, 0.717) is 12.8 Å². The van der Waals surface area contributed by atoms with E-state index in [1.54, 1.807) is 11.3 Å². The number of thiazole rings is 1. The van der Waals surface area contributed by atoms with Gasteiger partial charge in [0.25, 0.3) is 0 Å². The summed E-state index contributed by atoms with van der Waals surface area (Å²) in [5.41, 5.74) is 3.53. The van der Waals surface area contributed by atoms with Crippen LogP contribution >= 0.6 is 11.3 Å². The lowest BCUT2D eigenvalue weighted by Gasteiger charge is -2.01. The van der Waals surface area contributed by atoms with Crippen LogP contribution in [0.1, 0.15) is 33.1 Å². The molecule has 0 atom stereocenters. The van der Waals surface area contributed by atoms with Crippen LogP contribution < -0.4 is 0 Å². The largest absolute Gasteiger partial charge is 0.299 e. The fourth-order valence-electron chi connectivity index (χ4n) is 1.91. The molecular formula is C16H19NOS. The minimum Gasteiger partial charge on any atom is -0.299 e. The van der Waals surface area contributed by atoms with Crippen molar-refractivity contribution in [3.8, 4) is 0 Å². The maximum absolute atomic E-state index is 11.9. The van der Waals surface area contributed by atoms with E-state index < -0.39 is 0 Å². The van der Waals surface area contributed by atoms with Gasteiger partial charge in [-0.3, -0.25) is 4.79 Å². The van der Waals surface area contributed by atoms with E-state index in [4.69, 9.17) is 0 Å². The number of benzene rings is 1. The molecule has 3 heteroatoms. The van der Waals surface area contributed by atoms with Crippen LogP contribution in [0.5, 0.6) is 0 Å². The molecule has 0 amide bonds. The van der Waals surface area contributed by atoms with Gasteiger partial charge >= 0.3 is 0 Å². The van der Waals surface area contributed by atoms with E-state index in [-0.39, 0.29) is 5.78 Å². The molecule has 0 spiro atoms. The molecule has 1 aromatic carbocycles. The summed E-state index contributed by atoms with van der Waals surface area (Å²) in [5.74, 6) is 0.273. The summed E-state index contributed by atoms with van der Waals surface area (Å²) < 4.78 is 0. The number of aryl methyl sites for hydroxylation is 4. The van der Waals surface area contributed by atoms with Crippen LogP contribution in [-0.2, 0) is 17.6 Å². The second-order valence-electron chi connectivity index (χ2n) is 4.95. The van der Waals surface area contributed by atoms with Gasteiger partial charge in [-0.15, -0.1) is 11.3 Å². The van der Waals surface area contributed by atoms with Crippen LogP contribution in [0.3, 0.4) is 0 Å². The zero-order chi connectivity index (χ0) is 13.8. The second kappa shape index (κ2) is 6.11. The molecule has 0 N–H and O–H groups in total. The van der Waals surface area contributed by atoms with Crippen LogP contribution in [0.15, 0.2) is 24.3 Å². The first-order chi connectivity index (χ1) is 9.04. The lowest BCUT2D eigenvalue weighted by atomic mass is 10.1. The monoisotopic (exact) mass is 273 g/mol. The summed E-state index contributed by atoms with van der Waals surface area (Å²) in [7, 11) is 0. The van der Waals surface area contributed by atoms with Gasteiger partial charge in [-0.05, 0) is 32.8 Å². The van der Waals surface area contributed by atoms with Gasteiger partial charge in [0.15, 0.2) is 0 Å². The van der Waals surface area contributed by atoms with Crippen molar-refractivity contribution in [2.45, 2.75) is 40.0 Å². The van der Waals surface area contributed by atoms with Gasteiger partial charge in [0, 0.05) is 11.3 Å². The van der Waals surface area contributed by atoms with Crippen molar-refractivity contribution in [1.82, 2.24) is 4.98 Å². The standard InChI is InChI=1S/C16H19NOS/c1-11-4-6-14(7-5-11)8-9-15(18)10-16-17-12(2)13(3)19-16/h4-7H,8-10H2,1-3H3. The van der Waals surface area contributed by atoms with Crippen molar-refractivity contribution >= 4 is 17.1 Å². The third-order valence-corrected chi connectivity index (χ3v) is 4.31. The quantitative estimate of drug-likeness (QED) is 0.829. The summed E-state index contributed by atoms with van der Waals surface area (Å²) >= 11 is 1.63. The van der Waals surface area contributed by atoms with Gasteiger partial charge in [-0.2, -0.15) is 0 Å². The van der Waals surface area contributed by atoms with Crippen LogP contribution in [0.25, 0.3) is 0 Å². The number of rotatable bonds is 5. The topological polar surface area (TPSA) is 30.0 Å². The lowest BCUT2D eigenvalue weighted by Crippen LogP contribution is -2.04. The first kappa shape index (κ1) is 13.9. The highest BCUT2D eigenvalue weighted by Gasteiger charge is 2.09. The molecular weight excluding hydrogens is 254 g/mol. The molecule has 19 heavy (non-hydrogen) atoms. The highest BCUT2D eigenvalue weighted by Crippen LogP contribution is 2.17. The predicted molar refractivity (Wildman–Crippen MR) is 79.8 cm³/mol. The van der Waals surface area contributed by atoms with Gasteiger partial charge < -0.3 is 0 Å². The Kier molecular flexibility index (Phi) is 4.48. The van der Waals surface area contributed by atoms with Crippen molar-refractivity contribution in [2.75, 3.05) is 0 Å². The van der Waals surface area contributed by atoms with E-state index in [0.717, 1.165) is 17.1 Å². The number of ketones is 1. The van der Waals surface area contributed by atoms with Crippen molar-refractivity contribution in [3.05, 3.63) is 51.0 Å². The first-order valence-electron chi connectivity index (χ1n) is 6.55. The van der Waals surface area contributed by atoms with Crippen LogP contribution in [0.2, 0.25) is 0 Å². The molecule has 0 bridgehead atoms. The zero-order valence-electron chi connectivity index (χ0n) is 11.7. The molecule has 0 fully saturated rings. The van der Waals surface area contributed by atoms with E-state index in [1.807, 2.05) is 13.8 Å². The molecule has 0 saturated heterocycles. The average Bonchev–Trinajstić information content (AvgIpc) is 2.67. The number of nitrogens with zero attached hydrogens (tertiary/aromatic N) is 1. The summed E-state index contributed by atoms with van der Waals surface area (Å²) in [6, 6.07) is 8.38. The van der Waals surface area contributed by atoms with E-state index >= 15 is 0 Å². The van der Waals surface area contributed by atoms with E-state index in [1.165, 1.54) is 16.0 Å². The fourth-order valence-corrected chi connectivity index (χ4v) is 2.87. The second-order valence-corrected chi connectivity index (χ2v) is 6.24. The molecule has 0 radical (unpaired) electrons. The van der Waals surface area contributed by atoms with Crippen LogP contribution in [0, 0.1) is 20.8 Å². The third kappa shape index (κ3) is 4.00. The molecule has 0 aliphatic heterocycles. The normalized spacial score (nSPS) is 10.7. The van der Waals surface area contributed by atoms with Gasteiger partial charge in [-0.25, -0.2) is 4.98 Å². The maximum Gasteiger partial charge on any atom is 0.140 e. The average molecular weight is 273 g/mol. The predicted octanol–water partition coefficient (Wildman–Crippen LogP) is 3.81. The molecule has 2 nitrogen and oxygen atoms in total. The molecule has 2 rings (SSSR count). The van der Waals surface area contributed by atoms with Crippen molar-refractivity contribution < 1.29 is 4.79 Å². The summed E-state index contributed by atoms with van der Waals surface area (Å²) in [5, 5.41) is 0.948. The molecule has 1 heterocycles. The number of hydrogen-bond donors (Lipinski definition) is 0. The summed E-state index contributed by atoms with van der Waals surface area (Å²) in [6.07, 6.45) is 1.90. The van der Waals surface area contributed by atoms with Crippen molar-refractivity contribution in [3.63, 3.8) is 0 Å². The number of Topliss-reactive ketones (excluding diaryl/α,β-unsaturated/α-hetero) is 1. The van der Waals surface area contributed by atoms with Crippen molar-refractivity contribution in [1.29, 1.82) is 0 Å². The Morgan fingerprint density at radius 3 is 2.42 bits per heavy atom. The van der Waals surface area contributed by atoms with E-state index in [9.17, 15) is 4.79 Å². The molecule has 0 aliphatic carbocycles. The molecule has 0 unspecified atom stereocenters. The van der Waals surface area contributed by atoms with Gasteiger partial charge in [0.1, 0.15) is 10.8 Å². The van der Waals surface area contributed by atoms with Crippen LogP contribution in [0.4, 0.5) is 0 Å². The Morgan fingerprint density at radius 1 is 1.16 bits per heavy atom. The minimum atomic E-state index is 0.273. The molecule has 100 valence electrons. The Morgan fingerprint density at radius 2 is 1.84 bits per heavy atom. The van der Waals surface area contributed by atoms with Gasteiger partial charge in [0.05, 0.1) is 12.1 Å². The Hall–Kier alpha value is -1.48. The molecule has 0 saturated carbocycles. The summed E-state index contributed by atoms with van der Waals surface area (Å²) in [6.45, 7) is 6.11. The van der Waals surface area contributed by atoms with Gasteiger partial charge in [0.2, 0.25) is 0 Å². The van der Waals surface area contributed by atoms with Crippen LogP contribution in [-0.4, -0.2) is 10.8 Å². The number of carbonyl (C=O) groups excluding carboxylic acids is 1. The lowest BCUT2D eigenvalue weighted by molar-refractivity contribution is -0.118. The summed E-state index contributed by atoms with van der Waals surface area (Å²) in [4.78, 5) is 17.6. The highest BCUT2D eigenvalue weighted by atomic mass is 32.1. The Bertz CT molecular complexity index is 549. The SMILES string of the molecule is Cc1ccc(CCC(=O)Cc2nc(C)c(C)s2)cc1. The van der Waals surface area contributed by atoms with Gasteiger partial charge in [-0.1, -0.05) is 29.8 Å². The smallest absolute Gasteiger partial charge is 0.140 e. The highest BCUT2D eigenvalue weighted by molar-refractivity contribution is 7.11. The zero-order valence-corrected chi connectivity index (χ0v) is 12.5. The Labute approximate surface area is 118 Å². The van der Waals surface area contributed by atoms with E-state index in [2.05, 4.69) is 36.2 Å². The molecule has 0 aliphatic rings. The molecule has 1 aromatic heterocycles. The first-order valence-corrected chi connectivity index (χ1v) is 7.36. The molecule has 2 aromatic rings.